The Labute approximate surface area is 253 Å². The zero-order chi connectivity index (χ0) is 29.2. The molecule has 1 heterocycles. The van der Waals surface area contributed by atoms with Crippen LogP contribution in [0.4, 0.5) is 0 Å². The fourth-order valence-electron chi connectivity index (χ4n) is 5.84. The van der Waals surface area contributed by atoms with Gasteiger partial charge in [0.1, 0.15) is 0 Å². The molecule has 1 aromatic heterocycles. The summed E-state index contributed by atoms with van der Waals surface area (Å²) in [6, 6.07) is 55.6. The van der Waals surface area contributed by atoms with Crippen LogP contribution in [-0.2, 0) is 5.41 Å². The van der Waals surface area contributed by atoms with E-state index in [4.69, 9.17) is 9.97 Å². The monoisotopic (exact) mass is 552 g/mol. The minimum absolute atomic E-state index is 0.169. The highest BCUT2D eigenvalue weighted by atomic mass is 14.9. The second-order valence-corrected chi connectivity index (χ2v) is 11.5. The van der Waals surface area contributed by atoms with Gasteiger partial charge in [-0.25, -0.2) is 9.97 Å². The van der Waals surface area contributed by atoms with Crippen molar-refractivity contribution >= 4 is 10.8 Å². The van der Waals surface area contributed by atoms with Crippen molar-refractivity contribution in [2.24, 2.45) is 0 Å². The molecule has 0 aliphatic carbocycles. The molecule has 0 amide bonds. The summed E-state index contributed by atoms with van der Waals surface area (Å²) in [5, 5.41) is 2.54. The number of nitrogens with zero attached hydrogens (tertiary/aromatic N) is 2. The molecule has 0 aliphatic heterocycles. The number of rotatable bonds is 6. The van der Waals surface area contributed by atoms with E-state index in [1.165, 1.54) is 33.0 Å². The summed E-state index contributed by atoms with van der Waals surface area (Å²) in [4.78, 5) is 10.00. The van der Waals surface area contributed by atoms with Gasteiger partial charge in [0, 0.05) is 22.1 Å². The molecule has 7 aromatic rings. The van der Waals surface area contributed by atoms with Crippen LogP contribution in [-0.4, -0.2) is 9.97 Å². The predicted octanol–water partition coefficient (Wildman–Crippen LogP) is 10.6. The minimum atomic E-state index is -0.169. The third kappa shape index (κ3) is 5.24. The summed E-state index contributed by atoms with van der Waals surface area (Å²) in [6.45, 7) is 4.57. The zero-order valence-electron chi connectivity index (χ0n) is 24.4. The van der Waals surface area contributed by atoms with Crippen molar-refractivity contribution in [3.8, 4) is 45.0 Å². The van der Waals surface area contributed by atoms with Crippen LogP contribution in [0.5, 0.6) is 0 Å². The summed E-state index contributed by atoms with van der Waals surface area (Å²) < 4.78 is 0. The third-order valence-corrected chi connectivity index (χ3v) is 8.44. The van der Waals surface area contributed by atoms with Crippen molar-refractivity contribution in [1.82, 2.24) is 9.97 Å². The Bertz CT molecular complexity index is 1950. The van der Waals surface area contributed by atoms with Gasteiger partial charge in [-0.3, -0.25) is 0 Å². The lowest BCUT2D eigenvalue weighted by Crippen LogP contribution is -2.18. The van der Waals surface area contributed by atoms with Gasteiger partial charge in [-0.15, -0.1) is 0 Å². The Kier molecular flexibility index (Phi) is 6.89. The quantitative estimate of drug-likeness (QED) is 0.205. The van der Waals surface area contributed by atoms with Crippen molar-refractivity contribution in [1.29, 1.82) is 0 Å². The highest BCUT2D eigenvalue weighted by Crippen LogP contribution is 2.36. The summed E-state index contributed by atoms with van der Waals surface area (Å²) in [5.41, 5.74) is 9.84. The molecule has 7 rings (SSSR count). The molecule has 2 nitrogen and oxygen atoms in total. The van der Waals surface area contributed by atoms with Crippen molar-refractivity contribution in [3.63, 3.8) is 0 Å². The first-order chi connectivity index (χ1) is 21.1. The van der Waals surface area contributed by atoms with Crippen LogP contribution >= 0.6 is 0 Å². The van der Waals surface area contributed by atoms with E-state index < -0.39 is 0 Å². The fourth-order valence-corrected chi connectivity index (χ4v) is 5.84. The van der Waals surface area contributed by atoms with Crippen molar-refractivity contribution in [2.75, 3.05) is 0 Å². The average molecular weight is 553 g/mol. The maximum Gasteiger partial charge on any atom is 0.160 e. The SMILES string of the molecule is CC(C)(c1ccc(-c2nc(-c3ccccc3)cc(-c3ccccc3)n2)cc1)c1ccc(-c2cccc3ccccc23)cc1. The average Bonchev–Trinajstić information content (AvgIpc) is 3.09. The normalized spacial score (nSPS) is 11.5. The van der Waals surface area contributed by atoms with Crippen LogP contribution in [0.25, 0.3) is 55.8 Å². The Morgan fingerprint density at radius 1 is 0.419 bits per heavy atom. The molecule has 0 aliphatic rings. The van der Waals surface area contributed by atoms with Crippen LogP contribution in [0.2, 0.25) is 0 Å². The molecule has 0 spiro atoms. The zero-order valence-corrected chi connectivity index (χ0v) is 24.4. The first-order valence-electron chi connectivity index (χ1n) is 14.8. The Morgan fingerprint density at radius 2 is 0.907 bits per heavy atom. The first-order valence-corrected chi connectivity index (χ1v) is 14.8. The number of hydrogen-bond acceptors (Lipinski definition) is 2. The molecular weight excluding hydrogens is 520 g/mol. The lowest BCUT2D eigenvalue weighted by atomic mass is 9.77. The summed E-state index contributed by atoms with van der Waals surface area (Å²) >= 11 is 0. The van der Waals surface area contributed by atoms with Crippen molar-refractivity contribution in [3.05, 3.63) is 169 Å². The molecule has 43 heavy (non-hydrogen) atoms. The summed E-state index contributed by atoms with van der Waals surface area (Å²) in [5.74, 6) is 0.726. The molecule has 0 atom stereocenters. The molecule has 0 N–H and O–H groups in total. The third-order valence-electron chi connectivity index (χ3n) is 8.44. The van der Waals surface area contributed by atoms with Gasteiger partial charge < -0.3 is 0 Å². The van der Waals surface area contributed by atoms with E-state index in [-0.39, 0.29) is 5.41 Å². The van der Waals surface area contributed by atoms with Gasteiger partial charge in [-0.1, -0.05) is 166 Å². The minimum Gasteiger partial charge on any atom is -0.228 e. The van der Waals surface area contributed by atoms with E-state index in [1.54, 1.807) is 0 Å². The van der Waals surface area contributed by atoms with Crippen molar-refractivity contribution < 1.29 is 0 Å². The molecule has 0 radical (unpaired) electrons. The van der Waals surface area contributed by atoms with Gasteiger partial charge >= 0.3 is 0 Å². The fraction of sp³-hybridized carbons (Fsp3) is 0.0732. The highest BCUT2D eigenvalue weighted by Gasteiger charge is 2.23. The Hall–Kier alpha value is -5.34. The van der Waals surface area contributed by atoms with Gasteiger partial charge in [0.2, 0.25) is 0 Å². The van der Waals surface area contributed by atoms with E-state index >= 15 is 0 Å². The maximum atomic E-state index is 5.00. The van der Waals surface area contributed by atoms with E-state index in [2.05, 4.69) is 135 Å². The van der Waals surface area contributed by atoms with Gasteiger partial charge in [0.25, 0.3) is 0 Å². The van der Waals surface area contributed by atoms with E-state index in [1.807, 2.05) is 36.4 Å². The van der Waals surface area contributed by atoms with Gasteiger partial charge in [-0.2, -0.15) is 0 Å². The standard InChI is InChI=1S/C41H32N2/c1-41(2,34-24-20-30(21-25-34)37-19-11-17-29-12-9-10-18-36(29)37)35-26-22-33(23-27-35)40-42-38(31-13-5-3-6-14-31)28-39(43-40)32-15-7-4-8-16-32/h3-28H,1-2H3. The van der Waals surface area contributed by atoms with Crippen LogP contribution in [0, 0.1) is 0 Å². The predicted molar refractivity (Wildman–Crippen MR) is 180 cm³/mol. The Morgan fingerprint density at radius 3 is 1.49 bits per heavy atom. The van der Waals surface area contributed by atoms with Crippen molar-refractivity contribution in [2.45, 2.75) is 19.3 Å². The molecule has 6 aromatic carbocycles. The lowest BCUT2D eigenvalue weighted by Gasteiger charge is -2.26. The van der Waals surface area contributed by atoms with E-state index in [9.17, 15) is 0 Å². The molecule has 0 fully saturated rings. The van der Waals surface area contributed by atoms with Gasteiger partial charge in [0.05, 0.1) is 11.4 Å². The first kappa shape index (κ1) is 26.6. The molecule has 0 bridgehead atoms. The van der Waals surface area contributed by atoms with Crippen LogP contribution in [0.15, 0.2) is 158 Å². The van der Waals surface area contributed by atoms with Crippen LogP contribution < -0.4 is 0 Å². The molecule has 206 valence electrons. The van der Waals surface area contributed by atoms with Crippen LogP contribution in [0.3, 0.4) is 0 Å². The lowest BCUT2D eigenvalue weighted by molar-refractivity contribution is 0.641. The second kappa shape index (κ2) is 11.2. The van der Waals surface area contributed by atoms with E-state index in [0.717, 1.165) is 33.9 Å². The van der Waals surface area contributed by atoms with Crippen LogP contribution in [0.1, 0.15) is 25.0 Å². The Balaban J connectivity index is 1.21. The van der Waals surface area contributed by atoms with E-state index in [0.29, 0.717) is 0 Å². The number of aromatic nitrogens is 2. The summed E-state index contributed by atoms with van der Waals surface area (Å²) in [6.07, 6.45) is 0. The molecule has 0 saturated heterocycles. The summed E-state index contributed by atoms with van der Waals surface area (Å²) in [7, 11) is 0. The number of hydrogen-bond donors (Lipinski definition) is 0. The molecular formula is C41H32N2. The number of benzene rings is 6. The molecule has 0 saturated carbocycles. The second-order valence-electron chi connectivity index (χ2n) is 11.5. The van der Waals surface area contributed by atoms with Gasteiger partial charge in [-0.05, 0) is 39.1 Å². The maximum absolute atomic E-state index is 5.00. The number of fused-ring (bicyclic) bond motifs is 1. The molecule has 0 unspecified atom stereocenters. The topological polar surface area (TPSA) is 25.8 Å². The smallest absolute Gasteiger partial charge is 0.160 e. The largest absolute Gasteiger partial charge is 0.228 e. The molecule has 2 heteroatoms. The van der Waals surface area contributed by atoms with Gasteiger partial charge in [0.15, 0.2) is 5.82 Å². The highest BCUT2D eigenvalue weighted by molar-refractivity contribution is 5.96.